The Bertz CT molecular complexity index is 439. The van der Waals surface area contributed by atoms with E-state index in [2.05, 4.69) is 0 Å². The molecule has 1 aromatic rings. The minimum absolute atomic E-state index is 0. The fraction of sp³-hybridized carbons (Fsp3) is 0.462. The third kappa shape index (κ3) is 2.69. The zero-order valence-electron chi connectivity index (χ0n) is 9.93. The van der Waals surface area contributed by atoms with Crippen LogP contribution in [0.15, 0.2) is 24.3 Å². The number of carbonyl (C=O) groups excluding carboxylic acids is 1. The minimum Gasteiger partial charge on any atom is -0.385 e. The van der Waals surface area contributed by atoms with Gasteiger partial charge in [-0.15, -0.1) is 12.4 Å². The maximum absolute atomic E-state index is 12.2. The molecule has 2 rings (SSSR count). The average Bonchev–Trinajstić information content (AvgIpc) is 2.44. The van der Waals surface area contributed by atoms with Gasteiger partial charge in [0.2, 0.25) is 0 Å². The highest BCUT2D eigenvalue weighted by Gasteiger charge is 2.41. The number of carbonyl (C=O) groups is 1. The van der Waals surface area contributed by atoms with Gasteiger partial charge in [0.1, 0.15) is 11.6 Å². The van der Waals surface area contributed by atoms with Crippen LogP contribution in [0, 0.1) is 0 Å². The maximum Gasteiger partial charge on any atom is 0.185 e. The number of ketones is 1. The molecule has 5 heteroatoms. The van der Waals surface area contributed by atoms with Gasteiger partial charge in [-0.25, -0.2) is 0 Å². The molecule has 0 spiro atoms. The second-order valence-corrected chi connectivity index (χ2v) is 4.98. The van der Waals surface area contributed by atoms with Crippen molar-refractivity contribution >= 4 is 29.8 Å². The van der Waals surface area contributed by atoms with Crippen molar-refractivity contribution in [3.63, 3.8) is 0 Å². The summed E-state index contributed by atoms with van der Waals surface area (Å²) in [5, 5.41) is 10.3. The van der Waals surface area contributed by atoms with Crippen molar-refractivity contribution in [2.45, 2.75) is 37.3 Å². The number of nitrogens with two attached hydrogens (primary N) is 1. The van der Waals surface area contributed by atoms with Crippen LogP contribution in [0.2, 0.25) is 5.02 Å². The van der Waals surface area contributed by atoms with E-state index in [-0.39, 0.29) is 18.2 Å². The number of halogens is 2. The van der Waals surface area contributed by atoms with Gasteiger partial charge in [-0.1, -0.05) is 42.6 Å². The Kier molecular flexibility index (Phi) is 5.17. The lowest BCUT2D eigenvalue weighted by Gasteiger charge is -2.29. The molecule has 100 valence electrons. The second kappa shape index (κ2) is 6.02. The fourth-order valence-corrected chi connectivity index (χ4v) is 2.69. The van der Waals surface area contributed by atoms with Crippen LogP contribution in [0.5, 0.6) is 0 Å². The summed E-state index contributed by atoms with van der Waals surface area (Å²) in [7, 11) is 0. The summed E-state index contributed by atoms with van der Waals surface area (Å²) >= 11 is 6.10. The van der Waals surface area contributed by atoms with E-state index in [9.17, 15) is 9.90 Å². The van der Waals surface area contributed by atoms with Crippen LogP contribution in [-0.2, 0) is 10.3 Å². The molecule has 0 radical (unpaired) electrons. The third-order valence-corrected chi connectivity index (χ3v) is 3.73. The molecule has 2 unspecified atom stereocenters. The lowest BCUT2D eigenvalue weighted by atomic mass is 9.82. The molecule has 1 saturated carbocycles. The van der Waals surface area contributed by atoms with Gasteiger partial charge in [0.25, 0.3) is 0 Å². The van der Waals surface area contributed by atoms with Crippen LogP contribution >= 0.6 is 24.0 Å². The van der Waals surface area contributed by atoms with E-state index in [1.165, 1.54) is 0 Å². The Morgan fingerprint density at radius 1 is 1.33 bits per heavy atom. The molecule has 3 N–H and O–H groups in total. The fourth-order valence-electron chi connectivity index (χ4n) is 2.38. The normalized spacial score (nSPS) is 28.4. The van der Waals surface area contributed by atoms with Crippen molar-refractivity contribution in [2.75, 3.05) is 0 Å². The summed E-state index contributed by atoms with van der Waals surface area (Å²) in [6.07, 6.45) is 1.69. The van der Waals surface area contributed by atoms with Crippen molar-refractivity contribution in [3.05, 3.63) is 34.9 Å². The number of aliphatic hydroxyl groups is 1. The molecule has 1 fully saturated rings. The summed E-state index contributed by atoms with van der Waals surface area (Å²) in [6, 6.07) is 7.08. The molecule has 0 saturated heterocycles. The minimum atomic E-state index is -1.14. The molecule has 2 atom stereocenters. The monoisotopic (exact) mass is 289 g/mol. The van der Waals surface area contributed by atoms with E-state index in [4.69, 9.17) is 17.3 Å². The topological polar surface area (TPSA) is 63.3 Å². The van der Waals surface area contributed by atoms with Gasteiger partial charge < -0.3 is 10.8 Å². The Balaban J connectivity index is 0.00000162. The summed E-state index contributed by atoms with van der Waals surface area (Å²) < 4.78 is 0. The molecule has 18 heavy (non-hydrogen) atoms. The van der Waals surface area contributed by atoms with Gasteiger partial charge in [0.15, 0.2) is 5.78 Å². The van der Waals surface area contributed by atoms with Crippen molar-refractivity contribution in [3.8, 4) is 0 Å². The number of rotatable bonds is 1. The zero-order valence-corrected chi connectivity index (χ0v) is 11.5. The quantitative estimate of drug-likeness (QED) is 0.781. The first-order valence-electron chi connectivity index (χ1n) is 5.82. The van der Waals surface area contributed by atoms with Gasteiger partial charge in [0.05, 0.1) is 0 Å². The Morgan fingerprint density at radius 3 is 2.67 bits per heavy atom. The largest absolute Gasteiger partial charge is 0.385 e. The molecule has 0 aliphatic heterocycles. The molecule has 0 amide bonds. The van der Waals surface area contributed by atoms with Gasteiger partial charge in [-0.2, -0.15) is 0 Å². The molecule has 3 nitrogen and oxygen atoms in total. The van der Waals surface area contributed by atoms with E-state index >= 15 is 0 Å². The highest BCUT2D eigenvalue weighted by molar-refractivity contribution is 6.31. The molecule has 1 aromatic carbocycles. The van der Waals surface area contributed by atoms with Crippen LogP contribution in [0.3, 0.4) is 0 Å². The Morgan fingerprint density at radius 2 is 2.00 bits per heavy atom. The molecular weight excluding hydrogens is 273 g/mol. The number of Topliss-reactive ketones (excluding diaryl/α,β-unsaturated/α-hetero) is 1. The van der Waals surface area contributed by atoms with Gasteiger partial charge in [0, 0.05) is 5.02 Å². The summed E-state index contributed by atoms with van der Waals surface area (Å²) in [5.74, 6) is -0.317. The first-order valence-corrected chi connectivity index (χ1v) is 6.20. The van der Waals surface area contributed by atoms with E-state index in [1.54, 1.807) is 24.3 Å². The average molecular weight is 290 g/mol. The predicted molar refractivity (Wildman–Crippen MR) is 74.0 cm³/mol. The number of aliphatic hydroxyl groups excluding tert-OH is 1. The summed E-state index contributed by atoms with van der Waals surface area (Å²) in [4.78, 5) is 12.2. The highest BCUT2D eigenvalue weighted by Crippen LogP contribution is 2.34. The first-order chi connectivity index (χ1) is 8.05. The molecule has 1 aliphatic carbocycles. The number of hydrogen-bond acceptors (Lipinski definition) is 3. The van der Waals surface area contributed by atoms with Crippen LogP contribution in [0.4, 0.5) is 0 Å². The SMILES string of the molecule is Cl.NC1(c2ccccc2Cl)CCCCC(O)C1=O. The van der Waals surface area contributed by atoms with Gasteiger partial charge in [-0.05, 0) is 24.5 Å². The van der Waals surface area contributed by atoms with E-state index < -0.39 is 11.6 Å². The smallest absolute Gasteiger partial charge is 0.185 e. The first kappa shape index (κ1) is 15.4. The van der Waals surface area contributed by atoms with Gasteiger partial charge >= 0.3 is 0 Å². The summed E-state index contributed by atoms with van der Waals surface area (Å²) in [5.41, 5.74) is 5.69. The third-order valence-electron chi connectivity index (χ3n) is 3.40. The lowest BCUT2D eigenvalue weighted by Crippen LogP contribution is -2.48. The van der Waals surface area contributed by atoms with Crippen molar-refractivity contribution < 1.29 is 9.90 Å². The highest BCUT2D eigenvalue weighted by atomic mass is 35.5. The molecule has 0 heterocycles. The van der Waals surface area contributed by atoms with Crippen LogP contribution in [-0.4, -0.2) is 17.0 Å². The van der Waals surface area contributed by atoms with E-state index in [0.29, 0.717) is 23.4 Å². The molecule has 0 aromatic heterocycles. The standard InChI is InChI=1S/C13H16ClNO2.ClH/c14-10-6-2-1-5-9(10)13(15)8-4-3-7-11(16)12(13)17;/h1-2,5-6,11,16H,3-4,7-8,15H2;1H. The predicted octanol–water partition coefficient (Wildman–Crippen LogP) is 2.42. The second-order valence-electron chi connectivity index (χ2n) is 4.58. The Hall–Kier alpha value is -0.610. The summed E-state index contributed by atoms with van der Waals surface area (Å²) in [6.45, 7) is 0. The Labute approximate surface area is 118 Å². The van der Waals surface area contributed by atoms with E-state index in [0.717, 1.165) is 12.8 Å². The van der Waals surface area contributed by atoms with Crippen molar-refractivity contribution in [1.29, 1.82) is 0 Å². The van der Waals surface area contributed by atoms with Crippen LogP contribution < -0.4 is 5.73 Å². The number of benzene rings is 1. The van der Waals surface area contributed by atoms with E-state index in [1.807, 2.05) is 0 Å². The zero-order chi connectivity index (χ0) is 12.5. The maximum atomic E-state index is 12.2. The molecule has 0 bridgehead atoms. The van der Waals surface area contributed by atoms with Crippen molar-refractivity contribution in [1.82, 2.24) is 0 Å². The lowest BCUT2D eigenvalue weighted by molar-refractivity contribution is -0.132. The van der Waals surface area contributed by atoms with Crippen LogP contribution in [0.1, 0.15) is 31.2 Å². The van der Waals surface area contributed by atoms with Crippen LogP contribution in [0.25, 0.3) is 0 Å². The molecular formula is C13H17Cl2NO2. The van der Waals surface area contributed by atoms with Crippen molar-refractivity contribution in [2.24, 2.45) is 5.73 Å². The van der Waals surface area contributed by atoms with Gasteiger partial charge in [-0.3, -0.25) is 4.79 Å². The molecule has 1 aliphatic rings. The number of hydrogen-bond donors (Lipinski definition) is 2.